The lowest BCUT2D eigenvalue weighted by Gasteiger charge is -2.22. The predicted molar refractivity (Wildman–Crippen MR) is 86.4 cm³/mol. The van der Waals surface area contributed by atoms with Crippen LogP contribution in [-0.4, -0.2) is 21.3 Å². The summed E-state index contributed by atoms with van der Waals surface area (Å²) < 4.78 is 10.8. The minimum absolute atomic E-state index is 0.0887. The zero-order valence-electron chi connectivity index (χ0n) is 13.4. The van der Waals surface area contributed by atoms with Crippen LogP contribution >= 0.6 is 0 Å². The van der Waals surface area contributed by atoms with E-state index in [-0.39, 0.29) is 6.04 Å². The van der Waals surface area contributed by atoms with Crippen molar-refractivity contribution in [1.82, 2.24) is 5.32 Å². The summed E-state index contributed by atoms with van der Waals surface area (Å²) in [5.41, 5.74) is 4.89. The molecule has 0 saturated heterocycles. The number of benzene rings is 2. The van der Waals surface area contributed by atoms with Crippen molar-refractivity contribution in [2.24, 2.45) is 0 Å². The fourth-order valence-electron chi connectivity index (χ4n) is 2.61. The number of nitrogens with one attached hydrogen (secondary N) is 1. The first-order valence-corrected chi connectivity index (χ1v) is 7.07. The van der Waals surface area contributed by atoms with Gasteiger partial charge in [-0.3, -0.25) is 0 Å². The fourth-order valence-corrected chi connectivity index (χ4v) is 2.61. The number of hydrogen-bond donors (Lipinski definition) is 1. The van der Waals surface area contributed by atoms with Gasteiger partial charge in [-0.25, -0.2) is 0 Å². The molecule has 1 N–H and O–H groups in total. The molecule has 0 aromatic heterocycles. The minimum atomic E-state index is 0.0887. The molecule has 0 fully saturated rings. The second-order valence-electron chi connectivity index (χ2n) is 5.19. The average molecular weight is 285 g/mol. The fraction of sp³-hybridized carbons (Fsp3) is 0.333. The third kappa shape index (κ3) is 3.19. The molecule has 0 amide bonds. The van der Waals surface area contributed by atoms with Gasteiger partial charge in [0.05, 0.1) is 20.3 Å². The number of methoxy groups -OCH3 is 2. The SMILES string of the molecule is CNC(c1cc(C)ccc1C)c1ccc(OC)cc1OC. The molecule has 0 aliphatic heterocycles. The Kier molecular flexibility index (Phi) is 4.86. The number of rotatable bonds is 5. The van der Waals surface area contributed by atoms with Gasteiger partial charge in [0.2, 0.25) is 0 Å². The topological polar surface area (TPSA) is 30.5 Å². The van der Waals surface area contributed by atoms with Crippen LogP contribution in [-0.2, 0) is 0 Å². The van der Waals surface area contributed by atoms with Crippen LogP contribution in [0.5, 0.6) is 11.5 Å². The molecular formula is C18H23NO2. The molecule has 1 unspecified atom stereocenters. The Morgan fingerprint density at radius 1 is 0.905 bits per heavy atom. The summed E-state index contributed by atoms with van der Waals surface area (Å²) in [6.45, 7) is 4.25. The van der Waals surface area contributed by atoms with Crippen LogP contribution < -0.4 is 14.8 Å². The maximum absolute atomic E-state index is 5.54. The van der Waals surface area contributed by atoms with Gasteiger partial charge in [-0.2, -0.15) is 0 Å². The van der Waals surface area contributed by atoms with E-state index in [1.54, 1.807) is 14.2 Å². The zero-order chi connectivity index (χ0) is 15.4. The highest BCUT2D eigenvalue weighted by atomic mass is 16.5. The zero-order valence-corrected chi connectivity index (χ0v) is 13.4. The van der Waals surface area contributed by atoms with Gasteiger partial charge >= 0.3 is 0 Å². The van der Waals surface area contributed by atoms with Crippen LogP contribution in [0.3, 0.4) is 0 Å². The van der Waals surface area contributed by atoms with Crippen LogP contribution in [0.15, 0.2) is 36.4 Å². The van der Waals surface area contributed by atoms with E-state index in [4.69, 9.17) is 9.47 Å². The van der Waals surface area contributed by atoms with E-state index in [0.717, 1.165) is 17.1 Å². The lowest BCUT2D eigenvalue weighted by atomic mass is 9.93. The Labute approximate surface area is 126 Å². The van der Waals surface area contributed by atoms with E-state index in [2.05, 4.69) is 43.4 Å². The highest BCUT2D eigenvalue weighted by molar-refractivity contribution is 5.48. The Morgan fingerprint density at radius 2 is 1.67 bits per heavy atom. The number of hydrogen-bond acceptors (Lipinski definition) is 3. The second-order valence-corrected chi connectivity index (χ2v) is 5.19. The van der Waals surface area contributed by atoms with Crippen LogP contribution in [0.25, 0.3) is 0 Å². The van der Waals surface area contributed by atoms with E-state index in [9.17, 15) is 0 Å². The second kappa shape index (κ2) is 6.64. The first kappa shape index (κ1) is 15.4. The molecule has 0 aliphatic rings. The summed E-state index contributed by atoms with van der Waals surface area (Å²) in [4.78, 5) is 0. The predicted octanol–water partition coefficient (Wildman–Crippen LogP) is 3.63. The van der Waals surface area contributed by atoms with Crippen molar-refractivity contribution in [2.75, 3.05) is 21.3 Å². The quantitative estimate of drug-likeness (QED) is 0.910. The van der Waals surface area contributed by atoms with Crippen molar-refractivity contribution in [2.45, 2.75) is 19.9 Å². The van der Waals surface area contributed by atoms with E-state index >= 15 is 0 Å². The molecule has 0 saturated carbocycles. The molecule has 2 rings (SSSR count). The Bertz CT molecular complexity index is 623. The lowest BCUT2D eigenvalue weighted by molar-refractivity contribution is 0.388. The molecule has 0 spiro atoms. The molecule has 0 aliphatic carbocycles. The Balaban J connectivity index is 2.53. The molecular weight excluding hydrogens is 262 g/mol. The van der Waals surface area contributed by atoms with Crippen molar-refractivity contribution < 1.29 is 9.47 Å². The van der Waals surface area contributed by atoms with Crippen molar-refractivity contribution in [3.63, 3.8) is 0 Å². The molecule has 2 aromatic rings. The molecule has 1 atom stereocenters. The van der Waals surface area contributed by atoms with Gasteiger partial charge in [0, 0.05) is 11.6 Å². The van der Waals surface area contributed by atoms with Crippen LogP contribution in [0, 0.1) is 13.8 Å². The molecule has 3 nitrogen and oxygen atoms in total. The van der Waals surface area contributed by atoms with Crippen molar-refractivity contribution in [1.29, 1.82) is 0 Å². The number of ether oxygens (including phenoxy) is 2. The largest absolute Gasteiger partial charge is 0.497 e. The lowest BCUT2D eigenvalue weighted by Crippen LogP contribution is -2.19. The van der Waals surface area contributed by atoms with Crippen molar-refractivity contribution in [3.8, 4) is 11.5 Å². The maximum Gasteiger partial charge on any atom is 0.127 e. The summed E-state index contributed by atoms with van der Waals surface area (Å²) >= 11 is 0. The highest BCUT2D eigenvalue weighted by Crippen LogP contribution is 2.34. The summed E-state index contributed by atoms with van der Waals surface area (Å²) in [5, 5.41) is 3.39. The van der Waals surface area contributed by atoms with Crippen molar-refractivity contribution in [3.05, 3.63) is 58.7 Å². The molecule has 112 valence electrons. The third-order valence-electron chi connectivity index (χ3n) is 3.79. The van der Waals surface area contributed by atoms with Gasteiger partial charge in [0.25, 0.3) is 0 Å². The van der Waals surface area contributed by atoms with E-state index in [1.165, 1.54) is 16.7 Å². The van der Waals surface area contributed by atoms with Crippen LogP contribution in [0.1, 0.15) is 28.3 Å². The first-order valence-electron chi connectivity index (χ1n) is 7.07. The summed E-state index contributed by atoms with van der Waals surface area (Å²) in [5.74, 6) is 1.63. The van der Waals surface area contributed by atoms with Crippen LogP contribution in [0.4, 0.5) is 0 Å². The van der Waals surface area contributed by atoms with Crippen LogP contribution in [0.2, 0.25) is 0 Å². The number of aryl methyl sites for hydroxylation is 2. The van der Waals surface area contributed by atoms with Gasteiger partial charge in [0.15, 0.2) is 0 Å². The minimum Gasteiger partial charge on any atom is -0.497 e. The van der Waals surface area contributed by atoms with Gasteiger partial charge in [-0.1, -0.05) is 23.8 Å². The van der Waals surface area contributed by atoms with E-state index in [0.29, 0.717) is 0 Å². The highest BCUT2D eigenvalue weighted by Gasteiger charge is 2.19. The van der Waals surface area contributed by atoms with E-state index < -0.39 is 0 Å². The van der Waals surface area contributed by atoms with Crippen molar-refractivity contribution >= 4 is 0 Å². The molecule has 0 bridgehead atoms. The molecule has 21 heavy (non-hydrogen) atoms. The summed E-state index contributed by atoms with van der Waals surface area (Å²) in [6, 6.07) is 12.5. The molecule has 0 radical (unpaired) electrons. The normalized spacial score (nSPS) is 12.0. The molecule has 2 aromatic carbocycles. The Hall–Kier alpha value is -2.00. The summed E-state index contributed by atoms with van der Waals surface area (Å²) in [7, 11) is 5.32. The summed E-state index contributed by atoms with van der Waals surface area (Å²) in [6.07, 6.45) is 0. The van der Waals surface area contributed by atoms with Gasteiger partial charge in [0.1, 0.15) is 11.5 Å². The smallest absolute Gasteiger partial charge is 0.127 e. The third-order valence-corrected chi connectivity index (χ3v) is 3.79. The maximum atomic E-state index is 5.54. The van der Waals surface area contributed by atoms with E-state index in [1.807, 2.05) is 19.2 Å². The average Bonchev–Trinajstić information content (AvgIpc) is 2.51. The Morgan fingerprint density at radius 3 is 2.29 bits per heavy atom. The van der Waals surface area contributed by atoms with Gasteiger partial charge in [-0.15, -0.1) is 0 Å². The van der Waals surface area contributed by atoms with Gasteiger partial charge in [-0.05, 0) is 44.2 Å². The molecule has 3 heteroatoms. The standard InChI is InChI=1S/C18H23NO2/c1-12-6-7-13(2)16(10-12)18(19-3)15-9-8-14(20-4)11-17(15)21-5/h6-11,18-19H,1-5H3. The van der Waals surface area contributed by atoms with Gasteiger partial charge < -0.3 is 14.8 Å². The first-order chi connectivity index (χ1) is 10.1. The monoisotopic (exact) mass is 285 g/mol. The molecule has 0 heterocycles.